The van der Waals surface area contributed by atoms with E-state index in [1.54, 1.807) is 0 Å². The predicted octanol–water partition coefficient (Wildman–Crippen LogP) is -1.51. The third kappa shape index (κ3) is 3.12. The minimum Gasteiger partial charge on any atom is -0.481 e. The molecule has 9 heteroatoms. The molecular weight excluding hydrogens is 236 g/mol. The van der Waals surface area contributed by atoms with E-state index in [9.17, 15) is 14.4 Å². The number of carboxylic acids is 1. The van der Waals surface area contributed by atoms with Gasteiger partial charge in [0.05, 0.1) is 5.75 Å². The van der Waals surface area contributed by atoms with Crippen LogP contribution in [0, 0.1) is 0 Å². The second kappa shape index (κ2) is 5.35. The maximum Gasteiger partial charge on any atom is 0.344 e. The molecule has 0 atom stereocenters. The van der Waals surface area contributed by atoms with Gasteiger partial charge in [0.15, 0.2) is 5.16 Å². The Balaban J connectivity index is 2.81. The van der Waals surface area contributed by atoms with Crippen molar-refractivity contribution in [2.75, 3.05) is 12.8 Å². The predicted molar refractivity (Wildman–Crippen MR) is 55.3 cm³/mol. The summed E-state index contributed by atoms with van der Waals surface area (Å²) in [5.74, 6) is -1.61. The molecule has 1 aromatic heterocycles. The zero-order valence-corrected chi connectivity index (χ0v) is 9.21. The Kier molecular flexibility index (Phi) is 4.11. The molecular formula is C7H10N4O4S. The van der Waals surface area contributed by atoms with E-state index in [-0.39, 0.29) is 23.4 Å². The maximum absolute atomic E-state index is 11.2. The van der Waals surface area contributed by atoms with Gasteiger partial charge in [0, 0.05) is 7.05 Å². The zero-order chi connectivity index (χ0) is 12.1. The number of aromatic amines is 1. The number of aromatic nitrogens is 3. The summed E-state index contributed by atoms with van der Waals surface area (Å²) in [4.78, 5) is 32.7. The number of carbonyl (C=O) groups excluding carboxylic acids is 1. The lowest BCUT2D eigenvalue weighted by Crippen LogP contribution is -2.29. The lowest BCUT2D eigenvalue weighted by atomic mass is 10.6. The van der Waals surface area contributed by atoms with Crippen LogP contribution in [0.25, 0.3) is 0 Å². The fraction of sp³-hybridized carbons (Fsp3) is 0.429. The fourth-order valence-corrected chi connectivity index (χ4v) is 1.57. The third-order valence-corrected chi connectivity index (χ3v) is 2.59. The van der Waals surface area contributed by atoms with Crippen LogP contribution in [0.5, 0.6) is 0 Å². The van der Waals surface area contributed by atoms with Crippen LogP contribution in [-0.2, 0) is 16.1 Å². The molecule has 0 saturated carbocycles. The van der Waals surface area contributed by atoms with Gasteiger partial charge < -0.3 is 10.4 Å². The van der Waals surface area contributed by atoms with Crippen LogP contribution in [0.15, 0.2) is 9.95 Å². The normalized spacial score (nSPS) is 10.1. The van der Waals surface area contributed by atoms with Crippen molar-refractivity contribution in [3.05, 3.63) is 10.5 Å². The minimum atomic E-state index is -1.02. The third-order valence-electron chi connectivity index (χ3n) is 1.63. The summed E-state index contributed by atoms with van der Waals surface area (Å²) in [6, 6.07) is 0. The molecule has 3 N–H and O–H groups in total. The minimum absolute atomic E-state index is 0.177. The summed E-state index contributed by atoms with van der Waals surface area (Å²) in [6.45, 7) is -0.187. The summed E-state index contributed by atoms with van der Waals surface area (Å²) in [5.41, 5.74) is -0.545. The van der Waals surface area contributed by atoms with Gasteiger partial charge in [-0.15, -0.1) is 5.10 Å². The number of thioether (sulfide) groups is 1. The molecule has 16 heavy (non-hydrogen) atoms. The van der Waals surface area contributed by atoms with E-state index in [2.05, 4.69) is 15.5 Å². The molecule has 0 aliphatic rings. The van der Waals surface area contributed by atoms with Crippen molar-refractivity contribution in [2.24, 2.45) is 0 Å². The summed E-state index contributed by atoms with van der Waals surface area (Å²) in [7, 11) is 1.44. The molecule has 0 spiro atoms. The zero-order valence-electron chi connectivity index (χ0n) is 8.39. The molecule has 0 aliphatic carbocycles. The lowest BCUT2D eigenvalue weighted by molar-refractivity contribution is -0.133. The molecule has 0 bridgehead atoms. The van der Waals surface area contributed by atoms with Crippen LogP contribution in [0.2, 0.25) is 0 Å². The Hall–Kier alpha value is -1.77. The number of nitrogens with one attached hydrogen (secondary N) is 2. The Labute approximate surface area is 94.0 Å². The Morgan fingerprint density at radius 1 is 1.62 bits per heavy atom. The number of aliphatic carboxylic acids is 1. The molecule has 1 amide bonds. The SMILES string of the molecule is CNC(=O)Cn1c(SCC(=O)O)n[nH]c1=O. The van der Waals surface area contributed by atoms with Crippen molar-refractivity contribution in [1.82, 2.24) is 20.1 Å². The van der Waals surface area contributed by atoms with Crippen LogP contribution in [0.3, 0.4) is 0 Å². The van der Waals surface area contributed by atoms with E-state index in [0.29, 0.717) is 0 Å². The fourth-order valence-electron chi connectivity index (χ4n) is 0.902. The number of nitrogens with zero attached hydrogens (tertiary/aromatic N) is 2. The molecule has 0 aliphatic heterocycles. The van der Waals surface area contributed by atoms with Crippen molar-refractivity contribution in [2.45, 2.75) is 11.7 Å². The number of H-pyrrole nitrogens is 1. The van der Waals surface area contributed by atoms with Gasteiger partial charge in [0.1, 0.15) is 6.54 Å². The number of likely N-dealkylation sites (N-methyl/N-ethyl adjacent to an activating group) is 1. The first kappa shape index (κ1) is 12.3. The molecule has 0 radical (unpaired) electrons. The average Bonchev–Trinajstić information content (AvgIpc) is 2.57. The molecule has 88 valence electrons. The molecule has 0 saturated heterocycles. The molecule has 8 nitrogen and oxygen atoms in total. The highest BCUT2D eigenvalue weighted by Crippen LogP contribution is 2.11. The highest BCUT2D eigenvalue weighted by molar-refractivity contribution is 7.99. The van der Waals surface area contributed by atoms with E-state index in [0.717, 1.165) is 16.3 Å². The number of amides is 1. The summed E-state index contributed by atoms with van der Waals surface area (Å²) >= 11 is 0.870. The van der Waals surface area contributed by atoms with Gasteiger partial charge in [-0.2, -0.15) is 0 Å². The van der Waals surface area contributed by atoms with E-state index in [1.165, 1.54) is 7.05 Å². The van der Waals surface area contributed by atoms with E-state index in [4.69, 9.17) is 5.11 Å². The van der Waals surface area contributed by atoms with Crippen molar-refractivity contribution < 1.29 is 14.7 Å². The van der Waals surface area contributed by atoms with E-state index in [1.807, 2.05) is 0 Å². The van der Waals surface area contributed by atoms with Crippen LogP contribution >= 0.6 is 11.8 Å². The first-order valence-electron chi connectivity index (χ1n) is 4.25. The van der Waals surface area contributed by atoms with Crippen LogP contribution < -0.4 is 11.0 Å². The van der Waals surface area contributed by atoms with Gasteiger partial charge in [0.2, 0.25) is 5.91 Å². The number of carboxylic acid groups (broad SMARTS) is 1. The van der Waals surface area contributed by atoms with Gasteiger partial charge in [-0.05, 0) is 0 Å². The highest BCUT2D eigenvalue weighted by Gasteiger charge is 2.12. The van der Waals surface area contributed by atoms with Crippen molar-refractivity contribution >= 4 is 23.6 Å². The summed E-state index contributed by atoms with van der Waals surface area (Å²) < 4.78 is 1.08. The van der Waals surface area contributed by atoms with Crippen molar-refractivity contribution in [1.29, 1.82) is 0 Å². The van der Waals surface area contributed by atoms with Crippen molar-refractivity contribution in [3.8, 4) is 0 Å². The van der Waals surface area contributed by atoms with E-state index >= 15 is 0 Å². The number of hydrogen-bond acceptors (Lipinski definition) is 5. The number of hydrogen-bond donors (Lipinski definition) is 3. The topological polar surface area (TPSA) is 117 Å². The van der Waals surface area contributed by atoms with Crippen LogP contribution in [0.1, 0.15) is 0 Å². The first-order valence-corrected chi connectivity index (χ1v) is 5.23. The van der Waals surface area contributed by atoms with Gasteiger partial charge in [-0.25, -0.2) is 9.89 Å². The van der Waals surface area contributed by atoms with Crippen molar-refractivity contribution in [3.63, 3.8) is 0 Å². The van der Waals surface area contributed by atoms with Crippen LogP contribution in [-0.4, -0.2) is 44.5 Å². The molecule has 1 heterocycles. The number of carbonyl (C=O) groups is 2. The highest BCUT2D eigenvalue weighted by atomic mass is 32.2. The molecule has 0 unspecified atom stereocenters. The Morgan fingerprint density at radius 2 is 2.31 bits per heavy atom. The van der Waals surface area contributed by atoms with Gasteiger partial charge >= 0.3 is 11.7 Å². The molecule has 0 aromatic carbocycles. The monoisotopic (exact) mass is 246 g/mol. The Bertz CT molecular complexity index is 451. The van der Waals surface area contributed by atoms with Gasteiger partial charge in [-0.3, -0.25) is 14.2 Å². The summed E-state index contributed by atoms with van der Waals surface area (Å²) in [6.07, 6.45) is 0. The molecule has 1 aromatic rings. The first-order chi connectivity index (χ1) is 7.54. The van der Waals surface area contributed by atoms with Gasteiger partial charge in [-0.1, -0.05) is 11.8 Å². The second-order valence-corrected chi connectivity index (χ2v) is 3.70. The molecule has 0 fully saturated rings. The molecule has 1 rings (SSSR count). The van der Waals surface area contributed by atoms with Crippen LogP contribution in [0.4, 0.5) is 0 Å². The smallest absolute Gasteiger partial charge is 0.344 e. The Morgan fingerprint density at radius 3 is 2.88 bits per heavy atom. The maximum atomic E-state index is 11.2. The standard InChI is InChI=1S/C7H10N4O4S/c1-8-4(12)2-11-6(15)9-10-7(11)16-3-5(13)14/h2-3H2,1H3,(H,8,12)(H,9,15)(H,13,14). The lowest BCUT2D eigenvalue weighted by Gasteiger charge is -2.02. The second-order valence-electron chi connectivity index (χ2n) is 2.75. The van der Waals surface area contributed by atoms with E-state index < -0.39 is 11.7 Å². The largest absolute Gasteiger partial charge is 0.481 e. The number of rotatable bonds is 5. The van der Waals surface area contributed by atoms with Gasteiger partial charge in [0.25, 0.3) is 0 Å². The quantitative estimate of drug-likeness (QED) is 0.544. The average molecular weight is 246 g/mol. The summed E-state index contributed by atoms with van der Waals surface area (Å²) in [5, 5.41) is 16.8.